The molecule has 0 fully saturated rings. The number of hydrogen-bond acceptors (Lipinski definition) is 2. The standard InChI is InChI=1S/C16H18F3N3O/c1-3-6-11-9-14(22-21-11)15(23)20-10(2)12-7-4-5-8-13(12)16(17,18)19/h4-5,7-10H,3,6H2,1-2H3,(H,20,23)(H,21,22). The number of amides is 1. The third-order valence-electron chi connectivity index (χ3n) is 3.46. The van der Waals surface area contributed by atoms with Crippen LogP contribution in [0.25, 0.3) is 0 Å². The second kappa shape index (κ2) is 6.85. The van der Waals surface area contributed by atoms with Gasteiger partial charge in [-0.25, -0.2) is 0 Å². The second-order valence-electron chi connectivity index (χ2n) is 5.31. The summed E-state index contributed by atoms with van der Waals surface area (Å²) >= 11 is 0. The zero-order valence-corrected chi connectivity index (χ0v) is 12.9. The fourth-order valence-electron chi connectivity index (χ4n) is 2.36. The summed E-state index contributed by atoms with van der Waals surface area (Å²) in [7, 11) is 0. The van der Waals surface area contributed by atoms with Gasteiger partial charge in [-0.15, -0.1) is 0 Å². The number of H-pyrrole nitrogens is 1. The maximum atomic E-state index is 13.0. The molecule has 0 aliphatic rings. The number of aryl methyl sites for hydroxylation is 1. The zero-order chi connectivity index (χ0) is 17.0. The third kappa shape index (κ3) is 4.12. The van der Waals surface area contributed by atoms with E-state index in [0.717, 1.165) is 24.6 Å². The summed E-state index contributed by atoms with van der Waals surface area (Å²) in [4.78, 5) is 12.1. The first-order chi connectivity index (χ1) is 10.8. The molecule has 2 N–H and O–H groups in total. The van der Waals surface area contributed by atoms with E-state index in [1.54, 1.807) is 6.07 Å². The van der Waals surface area contributed by atoms with Gasteiger partial charge in [-0.3, -0.25) is 9.89 Å². The van der Waals surface area contributed by atoms with Gasteiger partial charge >= 0.3 is 6.18 Å². The molecule has 0 radical (unpaired) electrons. The van der Waals surface area contributed by atoms with E-state index >= 15 is 0 Å². The van der Waals surface area contributed by atoms with E-state index in [2.05, 4.69) is 15.5 Å². The molecule has 0 saturated carbocycles. The van der Waals surface area contributed by atoms with Crippen molar-refractivity contribution < 1.29 is 18.0 Å². The summed E-state index contributed by atoms with van der Waals surface area (Å²) in [5, 5.41) is 9.20. The molecule has 4 nitrogen and oxygen atoms in total. The van der Waals surface area contributed by atoms with Gasteiger partial charge in [0, 0.05) is 5.69 Å². The van der Waals surface area contributed by atoms with Crippen molar-refractivity contribution in [1.29, 1.82) is 0 Å². The van der Waals surface area contributed by atoms with Crippen LogP contribution in [0, 0.1) is 0 Å². The molecule has 124 valence electrons. The van der Waals surface area contributed by atoms with E-state index in [1.165, 1.54) is 25.1 Å². The Morgan fingerprint density at radius 3 is 2.70 bits per heavy atom. The van der Waals surface area contributed by atoms with Crippen LogP contribution in [0.15, 0.2) is 30.3 Å². The molecule has 7 heteroatoms. The quantitative estimate of drug-likeness (QED) is 0.877. The molecule has 1 amide bonds. The molecule has 23 heavy (non-hydrogen) atoms. The van der Waals surface area contributed by atoms with Gasteiger partial charge in [0.2, 0.25) is 0 Å². The smallest absolute Gasteiger partial charge is 0.344 e. The lowest BCUT2D eigenvalue weighted by Gasteiger charge is -2.19. The molecule has 0 saturated heterocycles. The largest absolute Gasteiger partial charge is 0.416 e. The summed E-state index contributed by atoms with van der Waals surface area (Å²) in [5.41, 5.74) is 0.268. The van der Waals surface area contributed by atoms with Crippen molar-refractivity contribution in [3.63, 3.8) is 0 Å². The van der Waals surface area contributed by atoms with Crippen LogP contribution in [0.3, 0.4) is 0 Å². The molecule has 1 heterocycles. The number of rotatable bonds is 5. The first-order valence-corrected chi connectivity index (χ1v) is 7.34. The molecular weight excluding hydrogens is 307 g/mol. The molecule has 1 aromatic carbocycles. The molecule has 2 rings (SSSR count). The Morgan fingerprint density at radius 1 is 1.35 bits per heavy atom. The molecule has 2 aromatic rings. The fourth-order valence-corrected chi connectivity index (χ4v) is 2.36. The van der Waals surface area contributed by atoms with Crippen molar-refractivity contribution in [3.05, 3.63) is 52.8 Å². The molecule has 0 aliphatic heterocycles. The van der Waals surface area contributed by atoms with Gasteiger partial charge in [-0.2, -0.15) is 18.3 Å². The minimum atomic E-state index is -4.46. The molecule has 0 bridgehead atoms. The summed E-state index contributed by atoms with van der Waals surface area (Å²) in [5.74, 6) is -0.506. The van der Waals surface area contributed by atoms with Crippen LogP contribution in [0.4, 0.5) is 13.2 Å². The van der Waals surface area contributed by atoms with Gasteiger partial charge in [-0.05, 0) is 31.0 Å². The highest BCUT2D eigenvalue weighted by atomic mass is 19.4. The first kappa shape index (κ1) is 17.1. The number of halogens is 3. The van der Waals surface area contributed by atoms with Crippen LogP contribution in [-0.2, 0) is 12.6 Å². The number of hydrogen-bond donors (Lipinski definition) is 2. The van der Waals surface area contributed by atoms with Gasteiger partial charge in [-0.1, -0.05) is 31.5 Å². The average molecular weight is 325 g/mol. The van der Waals surface area contributed by atoms with E-state index in [9.17, 15) is 18.0 Å². The lowest BCUT2D eigenvalue weighted by atomic mass is 10.0. The topological polar surface area (TPSA) is 57.8 Å². The van der Waals surface area contributed by atoms with Crippen molar-refractivity contribution in [2.45, 2.75) is 38.9 Å². The number of alkyl halides is 3. The number of nitrogens with zero attached hydrogens (tertiary/aromatic N) is 1. The van der Waals surface area contributed by atoms with Crippen molar-refractivity contribution in [3.8, 4) is 0 Å². The fraction of sp³-hybridized carbons (Fsp3) is 0.375. The number of aromatic amines is 1. The van der Waals surface area contributed by atoms with Crippen LogP contribution >= 0.6 is 0 Å². The van der Waals surface area contributed by atoms with E-state index in [0.29, 0.717) is 0 Å². The normalized spacial score (nSPS) is 12.9. The van der Waals surface area contributed by atoms with Crippen LogP contribution in [-0.4, -0.2) is 16.1 Å². The van der Waals surface area contributed by atoms with Crippen molar-refractivity contribution in [2.24, 2.45) is 0 Å². The van der Waals surface area contributed by atoms with Crippen molar-refractivity contribution in [2.75, 3.05) is 0 Å². The Bertz CT molecular complexity index is 679. The van der Waals surface area contributed by atoms with Crippen molar-refractivity contribution >= 4 is 5.91 Å². The molecule has 0 spiro atoms. The predicted octanol–water partition coefficient (Wildman–Crippen LogP) is 3.87. The minimum absolute atomic E-state index is 0.0256. The SMILES string of the molecule is CCCc1cc(C(=O)NC(C)c2ccccc2C(F)(F)F)n[nH]1. The second-order valence-corrected chi connectivity index (χ2v) is 5.31. The number of carbonyl (C=O) groups is 1. The highest BCUT2D eigenvalue weighted by Gasteiger charge is 2.34. The van der Waals surface area contributed by atoms with Crippen molar-refractivity contribution in [1.82, 2.24) is 15.5 Å². The van der Waals surface area contributed by atoms with Crippen LogP contribution in [0.2, 0.25) is 0 Å². The minimum Gasteiger partial charge on any atom is -0.344 e. The van der Waals surface area contributed by atoms with Gasteiger partial charge in [0.05, 0.1) is 11.6 Å². The summed E-state index contributed by atoms with van der Waals surface area (Å²) in [6, 6.07) is 6.03. The Hall–Kier alpha value is -2.31. The lowest BCUT2D eigenvalue weighted by Crippen LogP contribution is -2.28. The monoisotopic (exact) mass is 325 g/mol. The summed E-state index contributed by atoms with van der Waals surface area (Å²) < 4.78 is 39.1. The Labute approximate surface area is 132 Å². The summed E-state index contributed by atoms with van der Waals surface area (Å²) in [6.07, 6.45) is -2.80. The molecular formula is C16H18F3N3O. The molecule has 0 aliphatic carbocycles. The van der Waals surface area contributed by atoms with E-state index in [1.807, 2.05) is 6.92 Å². The Balaban J connectivity index is 2.15. The highest BCUT2D eigenvalue weighted by molar-refractivity contribution is 5.92. The number of nitrogens with one attached hydrogen (secondary N) is 2. The lowest BCUT2D eigenvalue weighted by molar-refractivity contribution is -0.138. The molecule has 1 unspecified atom stereocenters. The Morgan fingerprint density at radius 2 is 2.04 bits per heavy atom. The molecule has 1 aromatic heterocycles. The Kier molecular flexibility index (Phi) is 5.08. The number of carbonyl (C=O) groups excluding carboxylic acids is 1. The average Bonchev–Trinajstić information content (AvgIpc) is 2.95. The third-order valence-corrected chi connectivity index (χ3v) is 3.46. The van der Waals surface area contributed by atoms with Crippen LogP contribution < -0.4 is 5.32 Å². The van der Waals surface area contributed by atoms with Crippen LogP contribution in [0.5, 0.6) is 0 Å². The van der Waals surface area contributed by atoms with Gasteiger partial charge in [0.25, 0.3) is 5.91 Å². The van der Waals surface area contributed by atoms with Gasteiger partial charge in [0.1, 0.15) is 5.69 Å². The van der Waals surface area contributed by atoms with E-state index < -0.39 is 23.7 Å². The summed E-state index contributed by atoms with van der Waals surface area (Å²) in [6.45, 7) is 3.51. The molecule has 1 atom stereocenters. The maximum Gasteiger partial charge on any atom is 0.416 e. The van der Waals surface area contributed by atoms with Gasteiger partial charge in [0.15, 0.2) is 0 Å². The van der Waals surface area contributed by atoms with Crippen LogP contribution in [0.1, 0.15) is 53.6 Å². The van der Waals surface area contributed by atoms with Gasteiger partial charge < -0.3 is 5.32 Å². The highest BCUT2D eigenvalue weighted by Crippen LogP contribution is 2.34. The predicted molar refractivity (Wildman–Crippen MR) is 79.9 cm³/mol. The first-order valence-electron chi connectivity index (χ1n) is 7.34. The number of aromatic nitrogens is 2. The zero-order valence-electron chi connectivity index (χ0n) is 12.9. The van der Waals surface area contributed by atoms with E-state index in [-0.39, 0.29) is 11.3 Å². The maximum absolute atomic E-state index is 13.0. The van der Waals surface area contributed by atoms with E-state index in [4.69, 9.17) is 0 Å². The number of benzene rings is 1.